The normalized spacial score (nSPS) is 14.9. The number of amides is 3. The lowest BCUT2D eigenvalue weighted by Crippen LogP contribution is -2.28. The topological polar surface area (TPSA) is 125 Å². The minimum absolute atomic E-state index is 0.0988. The molecular formula is C32H30N4O5S. The van der Waals surface area contributed by atoms with Gasteiger partial charge in [-0.3, -0.25) is 14.4 Å². The summed E-state index contributed by atoms with van der Waals surface area (Å²) in [5.41, 5.74) is 3.11. The van der Waals surface area contributed by atoms with Crippen LogP contribution in [-0.4, -0.2) is 39.2 Å². The first kappa shape index (κ1) is 28.7. The molecule has 1 atom stereocenters. The van der Waals surface area contributed by atoms with Gasteiger partial charge in [0.2, 0.25) is 21.8 Å². The summed E-state index contributed by atoms with van der Waals surface area (Å²) in [6.07, 6.45) is 0.703. The van der Waals surface area contributed by atoms with Gasteiger partial charge in [0.15, 0.2) is 0 Å². The molecule has 0 aliphatic carbocycles. The van der Waals surface area contributed by atoms with E-state index in [1.54, 1.807) is 29.2 Å². The Labute approximate surface area is 244 Å². The highest BCUT2D eigenvalue weighted by molar-refractivity contribution is 7.89. The number of para-hydroxylation sites is 1. The summed E-state index contributed by atoms with van der Waals surface area (Å²) in [7, 11) is -3.69. The maximum atomic E-state index is 12.8. The van der Waals surface area contributed by atoms with Gasteiger partial charge in [0.05, 0.1) is 10.8 Å². The molecule has 1 fully saturated rings. The summed E-state index contributed by atoms with van der Waals surface area (Å²) >= 11 is 0. The van der Waals surface area contributed by atoms with Crippen molar-refractivity contribution in [2.24, 2.45) is 5.92 Å². The highest BCUT2D eigenvalue weighted by Crippen LogP contribution is 2.26. The second-order valence-corrected chi connectivity index (χ2v) is 11.7. The monoisotopic (exact) mass is 582 g/mol. The molecule has 0 saturated carbocycles. The van der Waals surface area contributed by atoms with Crippen LogP contribution in [0.3, 0.4) is 0 Å². The molecule has 4 aromatic carbocycles. The van der Waals surface area contributed by atoms with E-state index in [0.717, 1.165) is 11.3 Å². The Kier molecular flexibility index (Phi) is 8.75. The molecule has 0 aromatic heterocycles. The molecule has 1 unspecified atom stereocenters. The number of rotatable bonds is 10. The Hall–Kier alpha value is -4.80. The molecule has 10 heteroatoms. The van der Waals surface area contributed by atoms with Crippen molar-refractivity contribution in [3.8, 4) is 0 Å². The third-order valence-electron chi connectivity index (χ3n) is 6.95. The van der Waals surface area contributed by atoms with Gasteiger partial charge in [-0.2, -0.15) is 0 Å². The minimum Gasteiger partial charge on any atom is -0.326 e. The number of nitrogens with zero attached hydrogens (tertiary/aromatic N) is 1. The quantitative estimate of drug-likeness (QED) is 0.255. The van der Waals surface area contributed by atoms with Crippen molar-refractivity contribution in [3.05, 3.63) is 120 Å². The SMILES string of the molecule is O=C(Nc1ccc(S(=O)(=O)NCCc2ccccc2)cc1)c1ccc(NC(=O)C2CC(=O)N(c3ccccc3)C2)cc1. The Balaban J connectivity index is 1.12. The number of hydrogen-bond donors (Lipinski definition) is 3. The van der Waals surface area contributed by atoms with Crippen LogP contribution in [0, 0.1) is 5.92 Å². The van der Waals surface area contributed by atoms with E-state index in [1.165, 1.54) is 24.3 Å². The van der Waals surface area contributed by atoms with E-state index in [0.29, 0.717) is 29.9 Å². The maximum absolute atomic E-state index is 12.8. The van der Waals surface area contributed by atoms with Crippen LogP contribution in [0.2, 0.25) is 0 Å². The Morgan fingerprint density at radius 2 is 1.36 bits per heavy atom. The highest BCUT2D eigenvalue weighted by atomic mass is 32.2. The summed E-state index contributed by atoms with van der Waals surface area (Å²) in [5, 5.41) is 5.57. The van der Waals surface area contributed by atoms with Gasteiger partial charge in [0.1, 0.15) is 0 Å². The molecular weight excluding hydrogens is 552 g/mol. The number of carbonyl (C=O) groups excluding carboxylic acids is 3. The molecule has 5 rings (SSSR count). The van der Waals surface area contributed by atoms with Crippen molar-refractivity contribution in [3.63, 3.8) is 0 Å². The molecule has 0 radical (unpaired) electrons. The van der Waals surface area contributed by atoms with Crippen LogP contribution in [0.4, 0.5) is 17.1 Å². The standard InChI is InChI=1S/C32H30N4O5S/c37-30-21-25(22-36(30)28-9-5-2-6-10-28)32(39)35-26-13-11-24(12-14-26)31(38)34-27-15-17-29(18-16-27)42(40,41)33-20-19-23-7-3-1-4-8-23/h1-18,25,33H,19-22H2,(H,34,38)(H,35,39). The van der Waals surface area contributed by atoms with Crippen molar-refractivity contribution < 1.29 is 22.8 Å². The van der Waals surface area contributed by atoms with Gasteiger partial charge < -0.3 is 15.5 Å². The fraction of sp³-hybridized carbons (Fsp3) is 0.156. The Morgan fingerprint density at radius 1 is 0.762 bits per heavy atom. The zero-order valence-electron chi connectivity index (χ0n) is 22.7. The van der Waals surface area contributed by atoms with E-state index >= 15 is 0 Å². The fourth-order valence-electron chi connectivity index (χ4n) is 4.67. The lowest BCUT2D eigenvalue weighted by molar-refractivity contribution is -0.122. The summed E-state index contributed by atoms with van der Waals surface area (Å²) in [6.45, 7) is 0.575. The lowest BCUT2D eigenvalue weighted by Gasteiger charge is -2.16. The van der Waals surface area contributed by atoms with Gasteiger partial charge in [0, 0.05) is 42.1 Å². The van der Waals surface area contributed by atoms with E-state index in [1.807, 2.05) is 60.7 Å². The van der Waals surface area contributed by atoms with Crippen molar-refractivity contribution in [2.45, 2.75) is 17.7 Å². The first-order valence-electron chi connectivity index (χ1n) is 13.5. The number of carbonyl (C=O) groups is 3. The van der Waals surface area contributed by atoms with E-state index in [2.05, 4.69) is 15.4 Å². The van der Waals surface area contributed by atoms with Crippen LogP contribution >= 0.6 is 0 Å². The van der Waals surface area contributed by atoms with Crippen LogP contribution in [0.1, 0.15) is 22.3 Å². The van der Waals surface area contributed by atoms with Crippen molar-refractivity contribution in [1.82, 2.24) is 4.72 Å². The second kappa shape index (κ2) is 12.8. The number of anilines is 3. The molecule has 9 nitrogen and oxygen atoms in total. The highest BCUT2D eigenvalue weighted by Gasteiger charge is 2.35. The van der Waals surface area contributed by atoms with Crippen LogP contribution in [0.5, 0.6) is 0 Å². The molecule has 0 spiro atoms. The molecule has 1 aliphatic rings. The zero-order valence-corrected chi connectivity index (χ0v) is 23.5. The zero-order chi connectivity index (χ0) is 29.5. The van der Waals surface area contributed by atoms with E-state index < -0.39 is 15.9 Å². The molecule has 1 heterocycles. The van der Waals surface area contributed by atoms with Gasteiger partial charge in [-0.25, -0.2) is 13.1 Å². The summed E-state index contributed by atoms with van der Waals surface area (Å²) in [6, 6.07) is 31.2. The number of hydrogen-bond acceptors (Lipinski definition) is 5. The minimum atomic E-state index is -3.69. The summed E-state index contributed by atoms with van der Waals surface area (Å²) in [4.78, 5) is 39.7. The first-order valence-corrected chi connectivity index (χ1v) is 15.0. The number of sulfonamides is 1. The van der Waals surface area contributed by atoms with E-state index in [4.69, 9.17) is 0 Å². The number of nitrogens with one attached hydrogen (secondary N) is 3. The van der Waals surface area contributed by atoms with Gasteiger partial charge >= 0.3 is 0 Å². The third kappa shape index (κ3) is 7.09. The van der Waals surface area contributed by atoms with Crippen LogP contribution < -0.4 is 20.3 Å². The summed E-state index contributed by atoms with van der Waals surface area (Å²) in [5.74, 6) is -1.22. The summed E-state index contributed by atoms with van der Waals surface area (Å²) < 4.78 is 27.8. The molecule has 3 N–H and O–H groups in total. The molecule has 1 saturated heterocycles. The van der Waals surface area contributed by atoms with Gasteiger partial charge in [-0.15, -0.1) is 0 Å². The first-order chi connectivity index (χ1) is 20.3. The van der Waals surface area contributed by atoms with Crippen LogP contribution in [0.25, 0.3) is 0 Å². The van der Waals surface area contributed by atoms with Crippen molar-refractivity contribution >= 4 is 44.8 Å². The molecule has 214 valence electrons. The van der Waals surface area contributed by atoms with Gasteiger partial charge in [-0.1, -0.05) is 48.5 Å². The molecule has 3 amide bonds. The molecule has 4 aromatic rings. The largest absolute Gasteiger partial charge is 0.326 e. The molecule has 0 bridgehead atoms. The lowest BCUT2D eigenvalue weighted by atomic mass is 10.1. The predicted molar refractivity (Wildman–Crippen MR) is 162 cm³/mol. The maximum Gasteiger partial charge on any atom is 0.255 e. The third-order valence-corrected chi connectivity index (χ3v) is 8.43. The van der Waals surface area contributed by atoms with Crippen molar-refractivity contribution in [1.29, 1.82) is 0 Å². The van der Waals surface area contributed by atoms with Crippen LogP contribution in [0.15, 0.2) is 114 Å². The Morgan fingerprint density at radius 3 is 2.02 bits per heavy atom. The van der Waals surface area contributed by atoms with Gasteiger partial charge in [0.25, 0.3) is 5.91 Å². The fourth-order valence-corrected chi connectivity index (χ4v) is 5.70. The average molecular weight is 583 g/mol. The van der Waals surface area contributed by atoms with Crippen molar-refractivity contribution in [2.75, 3.05) is 28.6 Å². The van der Waals surface area contributed by atoms with E-state index in [-0.39, 0.29) is 35.6 Å². The predicted octanol–water partition coefficient (Wildman–Crippen LogP) is 4.45. The Bertz CT molecular complexity index is 1660. The molecule has 42 heavy (non-hydrogen) atoms. The number of benzene rings is 4. The average Bonchev–Trinajstić information content (AvgIpc) is 3.40. The smallest absolute Gasteiger partial charge is 0.255 e. The second-order valence-electron chi connectivity index (χ2n) is 9.92. The van der Waals surface area contributed by atoms with Gasteiger partial charge in [-0.05, 0) is 72.6 Å². The van der Waals surface area contributed by atoms with Crippen LogP contribution in [-0.2, 0) is 26.0 Å². The van der Waals surface area contributed by atoms with E-state index in [9.17, 15) is 22.8 Å². The molecule has 1 aliphatic heterocycles.